The number of methoxy groups -OCH3 is 1. The number of aliphatic hydroxyl groups is 1. The fraction of sp³-hybridized carbons (Fsp3) is 0.348. The predicted molar refractivity (Wildman–Crippen MR) is 116 cm³/mol. The summed E-state index contributed by atoms with van der Waals surface area (Å²) in [5.74, 6) is 1.34. The summed E-state index contributed by atoms with van der Waals surface area (Å²) in [7, 11) is 1.60. The normalized spacial score (nSPS) is 17.2. The molecule has 1 aromatic rings. The van der Waals surface area contributed by atoms with Crippen molar-refractivity contribution in [1.29, 1.82) is 5.41 Å². The van der Waals surface area contributed by atoms with Crippen LogP contribution in [0, 0.1) is 5.41 Å². The molecule has 1 aliphatic heterocycles. The highest BCUT2D eigenvalue weighted by Gasteiger charge is 2.22. The molecule has 0 aromatic heterocycles. The second-order valence-electron chi connectivity index (χ2n) is 7.20. The van der Waals surface area contributed by atoms with Crippen molar-refractivity contribution in [3.8, 4) is 5.75 Å². The number of hydrogen-bond acceptors (Lipinski definition) is 6. The van der Waals surface area contributed by atoms with E-state index < -0.39 is 0 Å². The summed E-state index contributed by atoms with van der Waals surface area (Å²) in [5, 5.41) is 25.4. The van der Waals surface area contributed by atoms with Crippen LogP contribution >= 0.6 is 0 Å². The number of nitrogens with one attached hydrogen (secondary N) is 3. The van der Waals surface area contributed by atoms with E-state index >= 15 is 0 Å². The molecule has 2 aliphatic rings. The van der Waals surface area contributed by atoms with Crippen molar-refractivity contribution >= 4 is 11.5 Å². The van der Waals surface area contributed by atoms with E-state index in [1.807, 2.05) is 13.1 Å². The summed E-state index contributed by atoms with van der Waals surface area (Å²) in [6.07, 6.45) is 8.94. The van der Waals surface area contributed by atoms with Gasteiger partial charge in [0.2, 0.25) is 0 Å². The van der Waals surface area contributed by atoms with E-state index in [1.54, 1.807) is 38.3 Å². The highest BCUT2D eigenvalue weighted by Crippen LogP contribution is 2.31. The van der Waals surface area contributed by atoms with E-state index in [-0.39, 0.29) is 17.6 Å². The van der Waals surface area contributed by atoms with E-state index in [1.165, 1.54) is 5.57 Å². The Morgan fingerprint density at radius 3 is 2.48 bits per heavy atom. The molecule has 0 radical (unpaired) electrons. The van der Waals surface area contributed by atoms with Gasteiger partial charge in [-0.1, -0.05) is 12.2 Å². The van der Waals surface area contributed by atoms with Crippen molar-refractivity contribution in [2.45, 2.75) is 39.2 Å². The van der Waals surface area contributed by atoms with Crippen molar-refractivity contribution in [2.75, 3.05) is 13.7 Å². The quantitative estimate of drug-likeness (QED) is 0.387. The fourth-order valence-corrected chi connectivity index (χ4v) is 3.10. The van der Waals surface area contributed by atoms with Gasteiger partial charge in [0.15, 0.2) is 5.88 Å². The van der Waals surface area contributed by atoms with Gasteiger partial charge in [-0.2, -0.15) is 0 Å². The molecule has 1 atom stereocenters. The lowest BCUT2D eigenvalue weighted by molar-refractivity contribution is 0.142. The first kappa shape index (κ1) is 20.6. The minimum Gasteiger partial charge on any atom is -0.505 e. The molecule has 4 N–H and O–H groups in total. The first-order valence-electron chi connectivity index (χ1n) is 9.88. The largest absolute Gasteiger partial charge is 0.505 e. The molecule has 1 aliphatic carbocycles. The summed E-state index contributed by atoms with van der Waals surface area (Å²) in [5.41, 5.74) is 3.39. The molecule has 6 nitrogen and oxygen atoms in total. The number of aliphatic hydroxyl groups excluding tert-OH is 1. The van der Waals surface area contributed by atoms with Crippen molar-refractivity contribution in [1.82, 2.24) is 10.6 Å². The van der Waals surface area contributed by atoms with Gasteiger partial charge in [0, 0.05) is 23.9 Å². The highest BCUT2D eigenvalue weighted by atomic mass is 16.5. The SMILES string of the molecule is COc1ccc(/C(O)=C(\NC(OC(C)C2=CNCC=C2)=C2CCC2)C(C)=N)cc1. The summed E-state index contributed by atoms with van der Waals surface area (Å²) in [6.45, 7) is 4.46. The molecule has 3 rings (SSSR count). The van der Waals surface area contributed by atoms with E-state index in [4.69, 9.17) is 14.9 Å². The van der Waals surface area contributed by atoms with Gasteiger partial charge in [0.1, 0.15) is 23.3 Å². The van der Waals surface area contributed by atoms with Crippen LogP contribution in [0.3, 0.4) is 0 Å². The van der Waals surface area contributed by atoms with E-state index in [9.17, 15) is 5.11 Å². The molecule has 6 heteroatoms. The predicted octanol–water partition coefficient (Wildman–Crippen LogP) is 4.39. The van der Waals surface area contributed by atoms with Gasteiger partial charge in [0.25, 0.3) is 0 Å². The summed E-state index contributed by atoms with van der Waals surface area (Å²) in [6, 6.07) is 7.09. The van der Waals surface area contributed by atoms with Crippen LogP contribution in [0.15, 0.2) is 65.3 Å². The smallest absolute Gasteiger partial charge is 0.191 e. The Bertz CT molecular complexity index is 873. The summed E-state index contributed by atoms with van der Waals surface area (Å²) >= 11 is 0. The molecule has 154 valence electrons. The number of rotatable bonds is 8. The number of benzene rings is 1. The second-order valence-corrected chi connectivity index (χ2v) is 7.20. The maximum Gasteiger partial charge on any atom is 0.191 e. The zero-order valence-corrected chi connectivity index (χ0v) is 17.2. The molecule has 1 aromatic carbocycles. The molecular formula is C23H29N3O3. The molecule has 0 amide bonds. The Morgan fingerprint density at radius 1 is 1.24 bits per heavy atom. The van der Waals surface area contributed by atoms with Crippen LogP contribution in [-0.4, -0.2) is 30.6 Å². The Kier molecular flexibility index (Phi) is 6.65. The average Bonchev–Trinajstić information content (AvgIpc) is 2.70. The first-order chi connectivity index (χ1) is 14.0. The van der Waals surface area contributed by atoms with Gasteiger partial charge in [-0.15, -0.1) is 0 Å². The highest BCUT2D eigenvalue weighted by molar-refractivity contribution is 6.01. The maximum absolute atomic E-state index is 10.8. The van der Waals surface area contributed by atoms with Gasteiger partial charge in [0.05, 0.1) is 12.8 Å². The molecular weight excluding hydrogens is 366 g/mol. The third kappa shape index (κ3) is 5.02. The van der Waals surface area contributed by atoms with Crippen LogP contribution in [-0.2, 0) is 4.74 Å². The minimum atomic E-state index is -0.162. The Hall–Kier alpha value is -3.15. The first-order valence-corrected chi connectivity index (χ1v) is 9.88. The molecule has 0 saturated heterocycles. The lowest BCUT2D eigenvalue weighted by atomic mass is 9.92. The van der Waals surface area contributed by atoms with Crippen LogP contribution < -0.4 is 15.4 Å². The monoisotopic (exact) mass is 395 g/mol. The summed E-state index contributed by atoms with van der Waals surface area (Å²) in [4.78, 5) is 0. The van der Waals surface area contributed by atoms with Gasteiger partial charge in [-0.05, 0) is 62.9 Å². The number of ether oxygens (including phenoxy) is 2. The van der Waals surface area contributed by atoms with Gasteiger partial charge >= 0.3 is 0 Å². The van der Waals surface area contributed by atoms with Gasteiger partial charge in [-0.3, -0.25) is 0 Å². The van der Waals surface area contributed by atoms with E-state index in [0.717, 1.165) is 31.4 Å². The number of allylic oxidation sites excluding steroid dienone is 2. The van der Waals surface area contributed by atoms with Crippen molar-refractivity contribution in [3.63, 3.8) is 0 Å². The Morgan fingerprint density at radius 2 is 1.97 bits per heavy atom. The second kappa shape index (κ2) is 9.37. The van der Waals surface area contributed by atoms with E-state index in [2.05, 4.69) is 22.8 Å². The lowest BCUT2D eigenvalue weighted by Crippen LogP contribution is -2.28. The van der Waals surface area contributed by atoms with Crippen LogP contribution in [0.4, 0.5) is 0 Å². The standard InChI is InChI=1S/C23H29N3O3/c1-15(24)21(22(27)17-9-11-20(28-3)12-10-17)26-23(18-6-4-7-18)29-16(2)19-8-5-13-25-14-19/h5,8-12,14,16,24-27H,4,6-7,13H2,1-3H3/b22-21+,24-15?. The van der Waals surface area contributed by atoms with Gasteiger partial charge in [-0.25, -0.2) is 0 Å². The van der Waals surface area contributed by atoms with Crippen LogP contribution in [0.5, 0.6) is 5.75 Å². The molecule has 1 unspecified atom stereocenters. The molecule has 0 spiro atoms. The molecule has 1 saturated carbocycles. The average molecular weight is 396 g/mol. The Balaban J connectivity index is 1.86. The van der Waals surface area contributed by atoms with Gasteiger partial charge < -0.3 is 30.6 Å². The van der Waals surface area contributed by atoms with Crippen LogP contribution in [0.25, 0.3) is 5.76 Å². The lowest BCUT2D eigenvalue weighted by Gasteiger charge is -2.27. The number of dihydropyridines is 1. The molecule has 29 heavy (non-hydrogen) atoms. The maximum atomic E-state index is 10.8. The van der Waals surface area contributed by atoms with Crippen molar-refractivity contribution < 1.29 is 14.6 Å². The molecule has 0 bridgehead atoms. The molecule has 1 heterocycles. The molecule has 1 fully saturated rings. The zero-order chi connectivity index (χ0) is 20.8. The van der Waals surface area contributed by atoms with E-state index in [0.29, 0.717) is 22.9 Å². The zero-order valence-electron chi connectivity index (χ0n) is 17.2. The van der Waals surface area contributed by atoms with Crippen LogP contribution in [0.2, 0.25) is 0 Å². The Labute approximate surface area is 172 Å². The third-order valence-electron chi connectivity index (χ3n) is 5.07. The van der Waals surface area contributed by atoms with Crippen molar-refractivity contribution in [3.05, 3.63) is 70.9 Å². The topological polar surface area (TPSA) is 86.6 Å². The summed E-state index contributed by atoms with van der Waals surface area (Å²) < 4.78 is 11.4. The van der Waals surface area contributed by atoms with Crippen LogP contribution in [0.1, 0.15) is 38.7 Å². The minimum absolute atomic E-state index is 0.00674. The fourth-order valence-electron chi connectivity index (χ4n) is 3.10. The van der Waals surface area contributed by atoms with Crippen molar-refractivity contribution in [2.24, 2.45) is 0 Å². The number of hydrogen-bond donors (Lipinski definition) is 4. The third-order valence-corrected chi connectivity index (χ3v) is 5.07.